The summed E-state index contributed by atoms with van der Waals surface area (Å²) in [4.78, 5) is 14.2. The van der Waals surface area contributed by atoms with Crippen LogP contribution in [0.2, 0.25) is 0 Å². The lowest BCUT2D eigenvalue weighted by Crippen LogP contribution is -2.38. The monoisotopic (exact) mass is 220 g/mol. The van der Waals surface area contributed by atoms with E-state index in [1.807, 2.05) is 11.8 Å². The number of carbonyl (C=O) groups is 1. The van der Waals surface area contributed by atoms with Crippen LogP contribution in [0.3, 0.4) is 0 Å². The molecule has 2 aliphatic carbocycles. The van der Waals surface area contributed by atoms with Gasteiger partial charge in [-0.3, -0.25) is 4.79 Å². The molecule has 2 fully saturated rings. The summed E-state index contributed by atoms with van der Waals surface area (Å²) in [5.41, 5.74) is 0. The molecule has 0 heterocycles. The van der Waals surface area contributed by atoms with Gasteiger partial charge < -0.3 is 4.90 Å². The summed E-state index contributed by atoms with van der Waals surface area (Å²) in [6.07, 6.45) is 5.41. The van der Waals surface area contributed by atoms with Gasteiger partial charge in [0.25, 0.3) is 0 Å². The number of rotatable bonds is 4. The fourth-order valence-corrected chi connectivity index (χ4v) is 3.39. The Morgan fingerprint density at radius 3 is 2.75 bits per heavy atom. The van der Waals surface area contributed by atoms with E-state index >= 15 is 0 Å². The summed E-state index contributed by atoms with van der Waals surface area (Å²) in [6, 6.07) is 2.12. The van der Waals surface area contributed by atoms with Crippen LogP contribution in [0.5, 0.6) is 0 Å². The molecule has 0 N–H and O–H groups in total. The molecule has 0 aliphatic heterocycles. The number of amides is 1. The average molecular weight is 220 g/mol. The zero-order valence-corrected chi connectivity index (χ0v) is 9.98. The summed E-state index contributed by atoms with van der Waals surface area (Å²) in [5, 5.41) is 8.58. The second kappa shape index (κ2) is 4.86. The molecular weight excluding hydrogens is 200 g/mol. The fraction of sp³-hybridized carbons (Fsp3) is 0.846. The molecule has 3 heteroatoms. The van der Waals surface area contributed by atoms with Gasteiger partial charge in [-0.05, 0) is 38.0 Å². The van der Waals surface area contributed by atoms with Crippen molar-refractivity contribution in [2.24, 2.45) is 17.8 Å². The first kappa shape index (κ1) is 11.4. The number of fused-ring (bicyclic) bond motifs is 2. The molecule has 0 aromatic heterocycles. The third-order valence-corrected chi connectivity index (χ3v) is 4.24. The lowest BCUT2D eigenvalue weighted by atomic mass is 9.87. The fourth-order valence-electron chi connectivity index (χ4n) is 3.39. The van der Waals surface area contributed by atoms with Crippen LogP contribution in [-0.4, -0.2) is 23.9 Å². The minimum absolute atomic E-state index is 0.275. The van der Waals surface area contributed by atoms with E-state index in [1.165, 1.54) is 19.3 Å². The lowest BCUT2D eigenvalue weighted by molar-refractivity contribution is -0.136. The van der Waals surface area contributed by atoms with Gasteiger partial charge in [0, 0.05) is 19.0 Å². The molecule has 3 nitrogen and oxygen atoms in total. The van der Waals surface area contributed by atoms with Crippen molar-refractivity contribution in [2.45, 2.75) is 39.0 Å². The van der Waals surface area contributed by atoms with Gasteiger partial charge in [0.1, 0.15) is 0 Å². The van der Waals surface area contributed by atoms with Gasteiger partial charge in [0.2, 0.25) is 5.91 Å². The highest BCUT2D eigenvalue weighted by Gasteiger charge is 2.44. The summed E-state index contributed by atoms with van der Waals surface area (Å²) in [6.45, 7) is 3.36. The normalized spacial score (nSPS) is 31.4. The third-order valence-electron chi connectivity index (χ3n) is 4.24. The Bertz CT molecular complexity index is 308. The number of carbonyl (C=O) groups excluding carboxylic acids is 1. The summed E-state index contributed by atoms with van der Waals surface area (Å²) >= 11 is 0. The molecule has 0 spiro atoms. The standard InChI is InChI=1S/C13H20N2O/c1-2-15(7-3-6-14)13(16)12-9-10-4-5-11(12)8-10/h10-12H,2-5,7-9H2,1H3. The van der Waals surface area contributed by atoms with Crippen LogP contribution in [0, 0.1) is 29.1 Å². The first-order valence-electron chi connectivity index (χ1n) is 6.42. The highest BCUT2D eigenvalue weighted by molar-refractivity contribution is 5.79. The van der Waals surface area contributed by atoms with Crippen LogP contribution < -0.4 is 0 Å². The van der Waals surface area contributed by atoms with E-state index in [9.17, 15) is 4.79 Å². The molecule has 3 unspecified atom stereocenters. The van der Waals surface area contributed by atoms with Crippen LogP contribution in [0.4, 0.5) is 0 Å². The predicted molar refractivity (Wildman–Crippen MR) is 61.4 cm³/mol. The maximum absolute atomic E-state index is 12.3. The maximum atomic E-state index is 12.3. The van der Waals surface area contributed by atoms with Crippen molar-refractivity contribution in [1.82, 2.24) is 4.90 Å². The van der Waals surface area contributed by atoms with Gasteiger partial charge in [-0.1, -0.05) is 6.42 Å². The van der Waals surface area contributed by atoms with Crippen LogP contribution in [0.15, 0.2) is 0 Å². The maximum Gasteiger partial charge on any atom is 0.225 e. The molecule has 2 rings (SSSR count). The van der Waals surface area contributed by atoms with E-state index in [1.54, 1.807) is 0 Å². The minimum atomic E-state index is 0.275. The largest absolute Gasteiger partial charge is 0.342 e. The molecule has 2 saturated carbocycles. The van der Waals surface area contributed by atoms with Crippen LogP contribution in [-0.2, 0) is 4.79 Å². The first-order chi connectivity index (χ1) is 7.76. The summed E-state index contributed by atoms with van der Waals surface area (Å²) < 4.78 is 0. The van der Waals surface area contributed by atoms with E-state index in [0.29, 0.717) is 24.8 Å². The van der Waals surface area contributed by atoms with Crippen molar-refractivity contribution in [3.05, 3.63) is 0 Å². The minimum Gasteiger partial charge on any atom is -0.342 e. The Hall–Kier alpha value is -1.04. The molecule has 0 aromatic carbocycles. The van der Waals surface area contributed by atoms with Crippen molar-refractivity contribution < 1.29 is 4.79 Å². The van der Waals surface area contributed by atoms with E-state index in [0.717, 1.165) is 18.9 Å². The topological polar surface area (TPSA) is 44.1 Å². The van der Waals surface area contributed by atoms with E-state index in [-0.39, 0.29) is 5.92 Å². The second-order valence-corrected chi connectivity index (χ2v) is 5.11. The van der Waals surface area contributed by atoms with E-state index < -0.39 is 0 Å². The molecule has 1 amide bonds. The molecular formula is C13H20N2O. The number of hydrogen-bond donors (Lipinski definition) is 0. The van der Waals surface area contributed by atoms with Gasteiger partial charge in [0.05, 0.1) is 12.5 Å². The van der Waals surface area contributed by atoms with Gasteiger partial charge in [-0.25, -0.2) is 0 Å². The zero-order chi connectivity index (χ0) is 11.5. The third kappa shape index (κ3) is 2.07. The van der Waals surface area contributed by atoms with E-state index in [2.05, 4.69) is 6.07 Å². The van der Waals surface area contributed by atoms with Gasteiger partial charge in [0.15, 0.2) is 0 Å². The average Bonchev–Trinajstić information content (AvgIpc) is 2.91. The van der Waals surface area contributed by atoms with Crippen LogP contribution in [0.1, 0.15) is 39.0 Å². The second-order valence-electron chi connectivity index (χ2n) is 5.11. The molecule has 3 atom stereocenters. The quantitative estimate of drug-likeness (QED) is 0.729. The Balaban J connectivity index is 1.93. The Morgan fingerprint density at radius 2 is 2.25 bits per heavy atom. The summed E-state index contributed by atoms with van der Waals surface area (Å²) in [5.74, 6) is 2.05. The van der Waals surface area contributed by atoms with Crippen molar-refractivity contribution in [3.8, 4) is 6.07 Å². The van der Waals surface area contributed by atoms with Gasteiger partial charge in [-0.2, -0.15) is 5.26 Å². The molecule has 0 radical (unpaired) electrons. The van der Waals surface area contributed by atoms with Crippen molar-refractivity contribution in [3.63, 3.8) is 0 Å². The van der Waals surface area contributed by atoms with Crippen molar-refractivity contribution in [2.75, 3.05) is 13.1 Å². The van der Waals surface area contributed by atoms with Gasteiger partial charge in [-0.15, -0.1) is 0 Å². The number of nitrogens with zero attached hydrogens (tertiary/aromatic N) is 2. The highest BCUT2D eigenvalue weighted by Crippen LogP contribution is 2.48. The molecule has 0 saturated heterocycles. The number of nitriles is 1. The molecule has 2 aliphatic rings. The summed E-state index contributed by atoms with van der Waals surface area (Å²) in [7, 11) is 0. The molecule has 16 heavy (non-hydrogen) atoms. The Kier molecular flexibility index (Phi) is 3.48. The lowest BCUT2D eigenvalue weighted by Gasteiger charge is -2.28. The van der Waals surface area contributed by atoms with Crippen LogP contribution >= 0.6 is 0 Å². The van der Waals surface area contributed by atoms with Crippen LogP contribution in [0.25, 0.3) is 0 Å². The molecule has 0 aromatic rings. The zero-order valence-electron chi connectivity index (χ0n) is 9.98. The van der Waals surface area contributed by atoms with Crippen molar-refractivity contribution >= 4 is 5.91 Å². The van der Waals surface area contributed by atoms with E-state index in [4.69, 9.17) is 5.26 Å². The Labute approximate surface area is 97.4 Å². The molecule has 2 bridgehead atoms. The smallest absolute Gasteiger partial charge is 0.225 e. The number of hydrogen-bond acceptors (Lipinski definition) is 2. The highest BCUT2D eigenvalue weighted by atomic mass is 16.2. The Morgan fingerprint density at radius 1 is 1.44 bits per heavy atom. The SMILES string of the molecule is CCN(CCC#N)C(=O)C1CC2CCC1C2. The molecule has 88 valence electrons. The van der Waals surface area contributed by atoms with Gasteiger partial charge >= 0.3 is 0 Å². The van der Waals surface area contributed by atoms with Crippen molar-refractivity contribution in [1.29, 1.82) is 5.26 Å². The first-order valence-corrected chi connectivity index (χ1v) is 6.42. The predicted octanol–water partition coefficient (Wildman–Crippen LogP) is 2.18.